The average molecular weight is 191 g/mol. The highest BCUT2D eigenvalue weighted by Crippen LogP contribution is 2.41. The summed E-state index contributed by atoms with van der Waals surface area (Å²) in [5.74, 6) is 0.726. The molecule has 0 bridgehead atoms. The van der Waals surface area contributed by atoms with Crippen molar-refractivity contribution < 1.29 is 0 Å². The van der Waals surface area contributed by atoms with Crippen LogP contribution in [0.5, 0.6) is 0 Å². The fourth-order valence-corrected chi connectivity index (χ4v) is 1.50. The summed E-state index contributed by atoms with van der Waals surface area (Å²) in [6.45, 7) is 10.4. The Bertz CT molecular complexity index is 267. The molecule has 0 N–H and O–H groups in total. The zero-order valence-corrected chi connectivity index (χ0v) is 9.64. The first kappa shape index (κ1) is 11.1. The summed E-state index contributed by atoms with van der Waals surface area (Å²) in [7, 11) is 4.09. The molecule has 14 heavy (non-hydrogen) atoms. The van der Waals surface area contributed by atoms with Crippen molar-refractivity contribution in [2.24, 2.45) is 5.92 Å². The van der Waals surface area contributed by atoms with Crippen LogP contribution in [0.25, 0.3) is 0 Å². The molecule has 0 heterocycles. The maximum absolute atomic E-state index is 4.18. The topological polar surface area (TPSA) is 3.24 Å². The summed E-state index contributed by atoms with van der Waals surface area (Å²) in [6.07, 6.45) is 5.76. The molecule has 0 atom stereocenters. The van der Waals surface area contributed by atoms with E-state index in [4.69, 9.17) is 0 Å². The van der Waals surface area contributed by atoms with Gasteiger partial charge in [-0.15, -0.1) is 0 Å². The second-order valence-electron chi connectivity index (χ2n) is 4.26. The second-order valence-corrected chi connectivity index (χ2v) is 4.26. The third kappa shape index (κ3) is 2.76. The summed E-state index contributed by atoms with van der Waals surface area (Å²) in [6, 6.07) is 0. The van der Waals surface area contributed by atoms with Gasteiger partial charge in [0.25, 0.3) is 0 Å². The highest BCUT2D eigenvalue weighted by Gasteiger charge is 2.27. The van der Waals surface area contributed by atoms with Crippen molar-refractivity contribution in [2.45, 2.75) is 26.2 Å². The fraction of sp³-hybridized carbons (Fsp3) is 0.538. The molecule has 1 heteroatoms. The van der Waals surface area contributed by atoms with E-state index in [2.05, 4.69) is 31.2 Å². The lowest BCUT2D eigenvalue weighted by molar-refractivity contribution is 0.558. The van der Waals surface area contributed by atoms with Crippen molar-refractivity contribution in [3.05, 3.63) is 36.1 Å². The van der Waals surface area contributed by atoms with E-state index in [1.807, 2.05) is 14.1 Å². The molecular formula is C13H21N. The molecule has 0 aromatic rings. The molecule has 1 saturated carbocycles. The van der Waals surface area contributed by atoms with E-state index in [-0.39, 0.29) is 0 Å². The van der Waals surface area contributed by atoms with Crippen molar-refractivity contribution >= 4 is 0 Å². The quantitative estimate of drug-likeness (QED) is 0.602. The lowest BCUT2D eigenvalue weighted by Gasteiger charge is -2.15. The molecule has 0 aliphatic heterocycles. The molecule has 0 unspecified atom stereocenters. The van der Waals surface area contributed by atoms with Crippen molar-refractivity contribution in [1.82, 2.24) is 4.90 Å². The third-order valence-electron chi connectivity index (χ3n) is 2.61. The van der Waals surface area contributed by atoms with Gasteiger partial charge in [0.05, 0.1) is 0 Å². The molecule has 0 amide bonds. The van der Waals surface area contributed by atoms with E-state index in [9.17, 15) is 0 Å². The van der Waals surface area contributed by atoms with Crippen LogP contribution in [0.1, 0.15) is 26.2 Å². The number of rotatable bonds is 5. The third-order valence-corrected chi connectivity index (χ3v) is 2.61. The van der Waals surface area contributed by atoms with E-state index >= 15 is 0 Å². The Balaban J connectivity index is 2.80. The second kappa shape index (κ2) is 4.50. The van der Waals surface area contributed by atoms with E-state index in [0.717, 1.165) is 12.3 Å². The Morgan fingerprint density at radius 1 is 1.36 bits per heavy atom. The van der Waals surface area contributed by atoms with Crippen LogP contribution in [0.2, 0.25) is 0 Å². The summed E-state index contributed by atoms with van der Waals surface area (Å²) in [5.41, 5.74) is 3.75. The SMILES string of the molecule is C=C(CC)/C(=C\N(C)C)C(=C)C1CC1. The zero-order valence-electron chi connectivity index (χ0n) is 9.64. The zero-order chi connectivity index (χ0) is 10.7. The molecule has 1 aliphatic rings. The van der Waals surface area contributed by atoms with Crippen molar-refractivity contribution in [3.8, 4) is 0 Å². The Morgan fingerprint density at radius 3 is 2.29 bits per heavy atom. The van der Waals surface area contributed by atoms with Gasteiger partial charge in [-0.1, -0.05) is 20.1 Å². The van der Waals surface area contributed by atoms with E-state index in [1.54, 1.807) is 0 Å². The monoisotopic (exact) mass is 191 g/mol. The molecule has 0 aromatic heterocycles. The lowest BCUT2D eigenvalue weighted by atomic mass is 9.96. The molecule has 1 aliphatic carbocycles. The van der Waals surface area contributed by atoms with Crippen LogP contribution in [0.4, 0.5) is 0 Å². The molecule has 0 spiro atoms. The van der Waals surface area contributed by atoms with Gasteiger partial charge in [-0.25, -0.2) is 0 Å². The van der Waals surface area contributed by atoms with E-state index in [0.29, 0.717) is 0 Å². The van der Waals surface area contributed by atoms with Crippen LogP contribution in [0, 0.1) is 5.92 Å². The molecule has 78 valence electrons. The Labute approximate surface area is 87.8 Å². The van der Waals surface area contributed by atoms with Gasteiger partial charge in [0.1, 0.15) is 0 Å². The Morgan fingerprint density at radius 2 is 1.93 bits per heavy atom. The first-order valence-electron chi connectivity index (χ1n) is 5.31. The molecule has 1 rings (SSSR count). The number of nitrogens with zero attached hydrogens (tertiary/aromatic N) is 1. The number of hydrogen-bond donors (Lipinski definition) is 0. The lowest BCUT2D eigenvalue weighted by Crippen LogP contribution is -2.05. The first-order chi connectivity index (χ1) is 6.56. The van der Waals surface area contributed by atoms with Gasteiger partial charge >= 0.3 is 0 Å². The van der Waals surface area contributed by atoms with Gasteiger partial charge in [-0.2, -0.15) is 0 Å². The van der Waals surface area contributed by atoms with E-state index in [1.165, 1.54) is 29.6 Å². The first-order valence-corrected chi connectivity index (χ1v) is 5.31. The van der Waals surface area contributed by atoms with Gasteiger partial charge in [-0.05, 0) is 41.9 Å². The maximum atomic E-state index is 4.18. The Kier molecular flexibility index (Phi) is 3.56. The predicted octanol–water partition coefficient (Wildman–Crippen LogP) is 3.36. The van der Waals surface area contributed by atoms with Gasteiger partial charge in [0, 0.05) is 20.3 Å². The van der Waals surface area contributed by atoms with Crippen LogP contribution in [-0.2, 0) is 0 Å². The smallest absolute Gasteiger partial charge is 0.00639 e. The van der Waals surface area contributed by atoms with Crippen molar-refractivity contribution in [2.75, 3.05) is 14.1 Å². The maximum Gasteiger partial charge on any atom is 0.00639 e. The number of allylic oxidation sites excluding steroid dienone is 3. The summed E-state index contributed by atoms with van der Waals surface area (Å²) in [4.78, 5) is 2.07. The number of hydrogen-bond acceptors (Lipinski definition) is 1. The molecule has 0 aromatic carbocycles. The molecule has 0 saturated heterocycles. The van der Waals surface area contributed by atoms with Gasteiger partial charge in [0.2, 0.25) is 0 Å². The van der Waals surface area contributed by atoms with Crippen LogP contribution < -0.4 is 0 Å². The standard InChI is InChI=1S/C13H21N/c1-6-10(2)13(9-14(4)5)11(3)12-7-8-12/h9,12H,2-3,6-8H2,1,4-5H3/b13-9+. The van der Waals surface area contributed by atoms with Crippen LogP contribution in [0.3, 0.4) is 0 Å². The molecule has 1 nitrogen and oxygen atoms in total. The minimum absolute atomic E-state index is 0.726. The average Bonchev–Trinajstić information content (AvgIpc) is 2.94. The summed E-state index contributed by atoms with van der Waals surface area (Å²) < 4.78 is 0. The predicted molar refractivity (Wildman–Crippen MR) is 63.1 cm³/mol. The van der Waals surface area contributed by atoms with Crippen LogP contribution in [0.15, 0.2) is 36.1 Å². The van der Waals surface area contributed by atoms with Gasteiger partial charge in [-0.3, -0.25) is 0 Å². The van der Waals surface area contributed by atoms with E-state index < -0.39 is 0 Å². The highest BCUT2D eigenvalue weighted by atomic mass is 15.0. The highest BCUT2D eigenvalue weighted by molar-refractivity contribution is 5.46. The van der Waals surface area contributed by atoms with Gasteiger partial charge in [0.15, 0.2) is 0 Å². The van der Waals surface area contributed by atoms with Crippen molar-refractivity contribution in [3.63, 3.8) is 0 Å². The minimum Gasteiger partial charge on any atom is -0.383 e. The minimum atomic E-state index is 0.726. The molecule has 1 fully saturated rings. The van der Waals surface area contributed by atoms with Crippen LogP contribution >= 0.6 is 0 Å². The fourth-order valence-electron chi connectivity index (χ4n) is 1.50. The molecule has 0 radical (unpaired) electrons. The van der Waals surface area contributed by atoms with Crippen LogP contribution in [-0.4, -0.2) is 19.0 Å². The Hall–Kier alpha value is -0.980. The van der Waals surface area contributed by atoms with Gasteiger partial charge < -0.3 is 4.90 Å². The largest absolute Gasteiger partial charge is 0.383 e. The van der Waals surface area contributed by atoms with Crippen molar-refractivity contribution in [1.29, 1.82) is 0 Å². The molecular weight excluding hydrogens is 170 g/mol. The summed E-state index contributed by atoms with van der Waals surface area (Å²) >= 11 is 0. The summed E-state index contributed by atoms with van der Waals surface area (Å²) in [5, 5.41) is 0. The normalized spacial score (nSPS) is 16.6.